The Morgan fingerprint density at radius 3 is 2.40 bits per heavy atom. The van der Waals surface area contributed by atoms with Crippen molar-refractivity contribution in [1.29, 1.82) is 0 Å². The Kier molecular flexibility index (Phi) is 9.83. The van der Waals surface area contributed by atoms with E-state index in [-0.39, 0.29) is 36.9 Å². The van der Waals surface area contributed by atoms with Gasteiger partial charge in [-0.15, -0.1) is 0 Å². The zero-order valence-electron chi connectivity index (χ0n) is 26.3. The molecule has 0 saturated carbocycles. The highest BCUT2D eigenvalue weighted by Crippen LogP contribution is 2.31. The first-order valence-electron chi connectivity index (χ1n) is 15.2. The molecule has 9 nitrogen and oxygen atoms in total. The van der Waals surface area contributed by atoms with Crippen LogP contribution in [0.2, 0.25) is 0 Å². The second-order valence-corrected chi connectivity index (χ2v) is 11.8. The SMILES string of the molecule is Cc1ccc(Oc2cccc(F)c2CN2C[C@@H](C)N(C(=O)C(C)C)[C@@H](C(=O)NCc3ccc(-c4ncccn4)cc3)C2)c(C)n1. The number of halogens is 1. The Morgan fingerprint density at radius 1 is 0.978 bits per heavy atom. The molecule has 1 saturated heterocycles. The second-order valence-electron chi connectivity index (χ2n) is 11.8. The number of aromatic nitrogens is 3. The minimum atomic E-state index is -0.750. The van der Waals surface area contributed by atoms with Crippen LogP contribution in [0.3, 0.4) is 0 Å². The molecule has 5 rings (SSSR count). The largest absolute Gasteiger partial charge is 0.455 e. The molecule has 1 aliphatic rings. The van der Waals surface area contributed by atoms with Crippen molar-refractivity contribution < 1.29 is 18.7 Å². The van der Waals surface area contributed by atoms with Crippen molar-refractivity contribution in [3.05, 3.63) is 101 Å². The highest BCUT2D eigenvalue weighted by atomic mass is 19.1. The van der Waals surface area contributed by atoms with Crippen molar-refractivity contribution in [2.24, 2.45) is 5.92 Å². The Balaban J connectivity index is 1.33. The van der Waals surface area contributed by atoms with Crippen LogP contribution in [0, 0.1) is 25.6 Å². The molecular formula is C35H39FN6O3. The number of ether oxygens (including phenoxy) is 1. The van der Waals surface area contributed by atoms with Crippen LogP contribution in [0.4, 0.5) is 4.39 Å². The van der Waals surface area contributed by atoms with Crippen molar-refractivity contribution >= 4 is 11.8 Å². The van der Waals surface area contributed by atoms with E-state index in [9.17, 15) is 9.59 Å². The van der Waals surface area contributed by atoms with E-state index in [4.69, 9.17) is 4.74 Å². The summed E-state index contributed by atoms with van der Waals surface area (Å²) in [6, 6.07) is 16.8. The average Bonchev–Trinajstić information content (AvgIpc) is 3.03. The molecule has 1 N–H and O–H groups in total. The van der Waals surface area contributed by atoms with Crippen molar-refractivity contribution in [2.75, 3.05) is 13.1 Å². The van der Waals surface area contributed by atoms with Crippen molar-refractivity contribution in [1.82, 2.24) is 30.1 Å². The standard InChI is InChI=1S/C35H39FN6O3/c1-22(2)35(44)42-24(4)19-41(20-28-29(36)8-6-9-32(28)45-31-15-10-23(3)40-25(31)5)21-30(42)34(43)39-18-26-11-13-27(14-12-26)33-37-16-7-17-38-33/h6-17,22,24,30H,18-21H2,1-5H3,(H,39,43)/t24-,30-/m1/s1. The predicted octanol–water partition coefficient (Wildman–Crippen LogP) is 5.46. The van der Waals surface area contributed by atoms with Crippen LogP contribution in [0.5, 0.6) is 11.5 Å². The first-order chi connectivity index (χ1) is 21.6. The van der Waals surface area contributed by atoms with E-state index in [1.165, 1.54) is 6.07 Å². The van der Waals surface area contributed by atoms with Gasteiger partial charge in [0, 0.05) is 67.4 Å². The van der Waals surface area contributed by atoms with Crippen molar-refractivity contribution in [3.63, 3.8) is 0 Å². The normalized spacial score (nSPS) is 16.9. The van der Waals surface area contributed by atoms with Crippen molar-refractivity contribution in [2.45, 2.75) is 59.8 Å². The second kappa shape index (κ2) is 13.9. The van der Waals surface area contributed by atoms with Crippen LogP contribution < -0.4 is 10.1 Å². The third-order valence-electron chi connectivity index (χ3n) is 7.91. The van der Waals surface area contributed by atoms with Gasteiger partial charge in [0.1, 0.15) is 23.4 Å². The van der Waals surface area contributed by atoms with Gasteiger partial charge in [-0.1, -0.05) is 44.2 Å². The molecule has 1 fully saturated rings. The van der Waals surface area contributed by atoms with Gasteiger partial charge in [0.05, 0.1) is 5.69 Å². The molecule has 1 aliphatic heterocycles. The lowest BCUT2D eigenvalue weighted by molar-refractivity contribution is -0.150. The van der Waals surface area contributed by atoms with Gasteiger partial charge in [-0.05, 0) is 56.7 Å². The molecule has 2 amide bonds. The first-order valence-corrected chi connectivity index (χ1v) is 15.2. The van der Waals surface area contributed by atoms with E-state index < -0.39 is 11.9 Å². The van der Waals surface area contributed by atoms with E-state index >= 15 is 4.39 Å². The first kappa shape index (κ1) is 31.7. The van der Waals surface area contributed by atoms with Gasteiger partial charge < -0.3 is 15.0 Å². The maximum Gasteiger partial charge on any atom is 0.244 e. The van der Waals surface area contributed by atoms with Gasteiger partial charge >= 0.3 is 0 Å². The zero-order valence-corrected chi connectivity index (χ0v) is 26.3. The van der Waals surface area contributed by atoms with Crippen LogP contribution in [0.25, 0.3) is 11.4 Å². The molecule has 0 unspecified atom stereocenters. The molecule has 0 bridgehead atoms. The van der Waals surface area contributed by atoms with E-state index in [0.717, 1.165) is 16.8 Å². The van der Waals surface area contributed by atoms with E-state index in [0.29, 0.717) is 41.7 Å². The fourth-order valence-electron chi connectivity index (χ4n) is 5.62. The van der Waals surface area contributed by atoms with E-state index in [1.54, 1.807) is 35.5 Å². The molecule has 10 heteroatoms. The number of aryl methyl sites for hydroxylation is 2. The minimum absolute atomic E-state index is 0.0909. The molecule has 0 aliphatic carbocycles. The van der Waals surface area contributed by atoms with Crippen LogP contribution in [-0.2, 0) is 22.7 Å². The fraction of sp³-hybridized carbons (Fsp3) is 0.343. The number of rotatable bonds is 9. The lowest BCUT2D eigenvalue weighted by Crippen LogP contribution is -2.64. The summed E-state index contributed by atoms with van der Waals surface area (Å²) in [5, 5.41) is 3.03. The summed E-state index contributed by atoms with van der Waals surface area (Å²) in [7, 11) is 0. The zero-order chi connectivity index (χ0) is 32.1. The molecule has 234 valence electrons. The Morgan fingerprint density at radius 2 is 1.71 bits per heavy atom. The molecule has 3 heterocycles. The van der Waals surface area contributed by atoms with Gasteiger partial charge in [-0.25, -0.2) is 14.4 Å². The Bertz CT molecular complexity index is 1650. The fourth-order valence-corrected chi connectivity index (χ4v) is 5.62. The lowest BCUT2D eigenvalue weighted by Gasteiger charge is -2.45. The quantitative estimate of drug-likeness (QED) is 0.269. The molecule has 45 heavy (non-hydrogen) atoms. The summed E-state index contributed by atoms with van der Waals surface area (Å²) in [6.45, 7) is 10.6. The molecule has 2 atom stereocenters. The van der Waals surface area contributed by atoms with Crippen LogP contribution >= 0.6 is 0 Å². The summed E-state index contributed by atoms with van der Waals surface area (Å²) in [5.41, 5.74) is 3.74. The number of nitrogens with one attached hydrogen (secondary N) is 1. The molecule has 4 aromatic rings. The molecular weight excluding hydrogens is 571 g/mol. The maximum atomic E-state index is 15.3. The maximum absolute atomic E-state index is 15.3. The number of carbonyl (C=O) groups excluding carboxylic acids is 2. The summed E-state index contributed by atoms with van der Waals surface area (Å²) in [4.78, 5) is 43.8. The van der Waals surface area contributed by atoms with Crippen LogP contribution in [0.15, 0.2) is 73.1 Å². The van der Waals surface area contributed by atoms with E-state index in [1.807, 2.05) is 75.9 Å². The third-order valence-corrected chi connectivity index (χ3v) is 7.91. The van der Waals surface area contributed by atoms with Gasteiger partial charge in [0.2, 0.25) is 11.8 Å². The number of nitrogens with zero attached hydrogens (tertiary/aromatic N) is 5. The van der Waals surface area contributed by atoms with E-state index in [2.05, 4.69) is 20.3 Å². The Labute approximate surface area is 263 Å². The summed E-state index contributed by atoms with van der Waals surface area (Å²) in [5.74, 6) is 0.538. The number of hydrogen-bond acceptors (Lipinski definition) is 7. The van der Waals surface area contributed by atoms with Crippen LogP contribution in [0.1, 0.15) is 43.3 Å². The number of hydrogen-bond donors (Lipinski definition) is 1. The average molecular weight is 611 g/mol. The summed E-state index contributed by atoms with van der Waals surface area (Å²) in [6.07, 6.45) is 3.38. The smallest absolute Gasteiger partial charge is 0.244 e. The molecule has 2 aromatic carbocycles. The van der Waals surface area contributed by atoms with Gasteiger partial charge in [-0.3, -0.25) is 19.5 Å². The number of benzene rings is 2. The number of carbonyl (C=O) groups is 2. The summed E-state index contributed by atoms with van der Waals surface area (Å²) >= 11 is 0. The molecule has 0 radical (unpaired) electrons. The highest BCUT2D eigenvalue weighted by molar-refractivity contribution is 5.89. The number of piperazine rings is 1. The highest BCUT2D eigenvalue weighted by Gasteiger charge is 2.40. The van der Waals surface area contributed by atoms with Gasteiger partial charge in [0.25, 0.3) is 0 Å². The molecule has 0 spiro atoms. The van der Waals surface area contributed by atoms with Gasteiger partial charge in [-0.2, -0.15) is 0 Å². The predicted molar refractivity (Wildman–Crippen MR) is 170 cm³/mol. The third kappa shape index (κ3) is 7.51. The van der Waals surface area contributed by atoms with Gasteiger partial charge in [0.15, 0.2) is 5.82 Å². The number of amides is 2. The lowest BCUT2D eigenvalue weighted by atomic mass is 10.0. The molecule has 2 aromatic heterocycles. The summed E-state index contributed by atoms with van der Waals surface area (Å²) < 4.78 is 21.5. The van der Waals surface area contributed by atoms with Crippen LogP contribution in [-0.4, -0.2) is 61.7 Å². The topological polar surface area (TPSA) is 101 Å². The number of pyridine rings is 1. The minimum Gasteiger partial charge on any atom is -0.455 e. The van der Waals surface area contributed by atoms with Crippen molar-refractivity contribution in [3.8, 4) is 22.9 Å². The Hall–Kier alpha value is -4.70. The monoisotopic (exact) mass is 610 g/mol.